The molecule has 0 aromatic carbocycles. The Bertz CT molecular complexity index is 402. The van der Waals surface area contributed by atoms with Crippen LogP contribution >= 0.6 is 0 Å². The standard InChI is InChI=1S/C10H16N6/c1-3-7-5-6-12-16(7)10-14-8(4-2)13-9(11)15-10/h6-7H,3-5H2,1-2H3,(H2,11,13,14,15). The molecule has 0 fully saturated rings. The molecule has 0 amide bonds. The van der Waals surface area contributed by atoms with Crippen molar-refractivity contribution < 1.29 is 0 Å². The highest BCUT2D eigenvalue weighted by Crippen LogP contribution is 2.20. The van der Waals surface area contributed by atoms with E-state index in [4.69, 9.17) is 5.73 Å². The van der Waals surface area contributed by atoms with Crippen molar-refractivity contribution in [2.75, 3.05) is 10.7 Å². The third-order valence-electron chi connectivity index (χ3n) is 2.61. The Kier molecular flexibility index (Phi) is 2.98. The van der Waals surface area contributed by atoms with Gasteiger partial charge in [0, 0.05) is 19.1 Å². The maximum atomic E-state index is 5.65. The van der Waals surface area contributed by atoms with Crippen LogP contribution in [0.5, 0.6) is 0 Å². The lowest BCUT2D eigenvalue weighted by atomic mass is 10.2. The van der Waals surface area contributed by atoms with Crippen LogP contribution in [0.15, 0.2) is 5.10 Å². The third-order valence-corrected chi connectivity index (χ3v) is 2.61. The lowest BCUT2D eigenvalue weighted by molar-refractivity contribution is 0.622. The summed E-state index contributed by atoms with van der Waals surface area (Å²) in [5.41, 5.74) is 5.65. The van der Waals surface area contributed by atoms with Crippen LogP contribution in [0, 0.1) is 0 Å². The largest absolute Gasteiger partial charge is 0.368 e. The van der Waals surface area contributed by atoms with E-state index in [9.17, 15) is 0 Å². The van der Waals surface area contributed by atoms with Crippen molar-refractivity contribution in [1.29, 1.82) is 0 Å². The number of hydrazone groups is 1. The number of hydrogen-bond acceptors (Lipinski definition) is 6. The molecule has 6 nitrogen and oxygen atoms in total. The summed E-state index contributed by atoms with van der Waals surface area (Å²) >= 11 is 0. The van der Waals surface area contributed by atoms with E-state index in [1.807, 2.05) is 18.1 Å². The molecular weight excluding hydrogens is 204 g/mol. The van der Waals surface area contributed by atoms with Crippen molar-refractivity contribution in [1.82, 2.24) is 15.0 Å². The molecule has 0 aliphatic carbocycles. The van der Waals surface area contributed by atoms with E-state index >= 15 is 0 Å². The van der Waals surface area contributed by atoms with Crippen LogP contribution in [-0.2, 0) is 6.42 Å². The molecule has 86 valence electrons. The van der Waals surface area contributed by atoms with Crippen LogP contribution in [0.4, 0.5) is 11.9 Å². The highest BCUT2D eigenvalue weighted by molar-refractivity contribution is 5.64. The van der Waals surface area contributed by atoms with Gasteiger partial charge in [-0.25, -0.2) is 5.01 Å². The van der Waals surface area contributed by atoms with E-state index in [-0.39, 0.29) is 5.95 Å². The minimum absolute atomic E-state index is 0.263. The van der Waals surface area contributed by atoms with Gasteiger partial charge in [-0.3, -0.25) is 0 Å². The van der Waals surface area contributed by atoms with E-state index < -0.39 is 0 Å². The first-order valence-corrected chi connectivity index (χ1v) is 5.56. The highest BCUT2D eigenvalue weighted by atomic mass is 15.5. The maximum absolute atomic E-state index is 5.65. The van der Waals surface area contributed by atoms with E-state index in [0.29, 0.717) is 17.8 Å². The van der Waals surface area contributed by atoms with Gasteiger partial charge in [0.2, 0.25) is 5.95 Å². The predicted molar refractivity (Wildman–Crippen MR) is 63.3 cm³/mol. The SMILES string of the molecule is CCc1nc(N)nc(N2N=CCC2CC)n1. The van der Waals surface area contributed by atoms with Crippen LogP contribution in [0.1, 0.15) is 32.5 Å². The van der Waals surface area contributed by atoms with Crippen molar-refractivity contribution in [3.8, 4) is 0 Å². The van der Waals surface area contributed by atoms with Crippen LogP contribution in [0.25, 0.3) is 0 Å². The van der Waals surface area contributed by atoms with Gasteiger partial charge < -0.3 is 5.73 Å². The number of nitrogen functional groups attached to an aromatic ring is 1. The molecule has 0 saturated heterocycles. The Labute approximate surface area is 94.6 Å². The minimum atomic E-state index is 0.263. The number of hydrogen-bond donors (Lipinski definition) is 1. The van der Waals surface area contributed by atoms with Crippen molar-refractivity contribution in [3.63, 3.8) is 0 Å². The summed E-state index contributed by atoms with van der Waals surface area (Å²) in [4.78, 5) is 12.5. The van der Waals surface area contributed by atoms with Gasteiger partial charge in [-0.1, -0.05) is 13.8 Å². The summed E-state index contributed by atoms with van der Waals surface area (Å²) in [5, 5.41) is 6.11. The molecule has 2 N–H and O–H groups in total. The number of nitrogens with two attached hydrogens (primary N) is 1. The first-order valence-electron chi connectivity index (χ1n) is 5.56. The molecule has 1 aliphatic heterocycles. The fourth-order valence-electron chi connectivity index (χ4n) is 1.69. The Morgan fingerprint density at radius 1 is 1.38 bits per heavy atom. The number of rotatable bonds is 3. The first kappa shape index (κ1) is 10.8. The molecule has 0 radical (unpaired) electrons. The third kappa shape index (κ3) is 1.95. The summed E-state index contributed by atoms with van der Waals surface area (Å²) in [6.45, 7) is 4.11. The van der Waals surface area contributed by atoms with Gasteiger partial charge in [0.25, 0.3) is 5.95 Å². The molecule has 16 heavy (non-hydrogen) atoms. The summed E-state index contributed by atoms with van der Waals surface area (Å²) in [5.74, 6) is 1.53. The number of anilines is 2. The average molecular weight is 220 g/mol. The molecule has 0 bridgehead atoms. The van der Waals surface area contributed by atoms with Gasteiger partial charge in [-0.15, -0.1) is 0 Å². The summed E-state index contributed by atoms with van der Waals surface area (Å²) in [7, 11) is 0. The molecule has 1 unspecified atom stereocenters. The molecular formula is C10H16N6. The topological polar surface area (TPSA) is 80.3 Å². The number of nitrogens with zero attached hydrogens (tertiary/aromatic N) is 5. The van der Waals surface area contributed by atoms with Crippen molar-refractivity contribution >= 4 is 18.1 Å². The van der Waals surface area contributed by atoms with E-state index in [0.717, 1.165) is 19.3 Å². The zero-order valence-electron chi connectivity index (χ0n) is 9.59. The predicted octanol–water partition coefficient (Wildman–Crippen LogP) is 0.991. The Morgan fingerprint density at radius 2 is 2.19 bits per heavy atom. The second-order valence-electron chi connectivity index (χ2n) is 3.70. The summed E-state index contributed by atoms with van der Waals surface area (Å²) in [6.07, 6.45) is 4.57. The summed E-state index contributed by atoms with van der Waals surface area (Å²) < 4.78 is 0. The molecule has 6 heteroatoms. The monoisotopic (exact) mass is 220 g/mol. The smallest absolute Gasteiger partial charge is 0.251 e. The quantitative estimate of drug-likeness (QED) is 0.821. The van der Waals surface area contributed by atoms with Gasteiger partial charge in [-0.2, -0.15) is 20.1 Å². The van der Waals surface area contributed by atoms with Gasteiger partial charge >= 0.3 is 0 Å². The van der Waals surface area contributed by atoms with Crippen molar-refractivity contribution in [2.45, 2.75) is 39.2 Å². The summed E-state index contributed by atoms with van der Waals surface area (Å²) in [6, 6.07) is 0.339. The number of aryl methyl sites for hydroxylation is 1. The maximum Gasteiger partial charge on any atom is 0.251 e. The average Bonchev–Trinajstić information content (AvgIpc) is 2.76. The zero-order chi connectivity index (χ0) is 11.5. The Morgan fingerprint density at radius 3 is 2.88 bits per heavy atom. The number of aromatic nitrogens is 3. The Hall–Kier alpha value is -1.72. The lowest BCUT2D eigenvalue weighted by Gasteiger charge is -2.20. The van der Waals surface area contributed by atoms with Crippen molar-refractivity contribution in [2.24, 2.45) is 5.10 Å². The lowest BCUT2D eigenvalue weighted by Crippen LogP contribution is -2.28. The second-order valence-corrected chi connectivity index (χ2v) is 3.70. The minimum Gasteiger partial charge on any atom is -0.368 e. The molecule has 1 aliphatic rings. The molecule has 0 saturated carbocycles. The molecule has 1 aromatic heterocycles. The van der Waals surface area contributed by atoms with Gasteiger partial charge in [0.15, 0.2) is 0 Å². The van der Waals surface area contributed by atoms with Gasteiger partial charge in [-0.05, 0) is 6.42 Å². The molecule has 1 atom stereocenters. The van der Waals surface area contributed by atoms with Crippen LogP contribution in [0.2, 0.25) is 0 Å². The Balaban J connectivity index is 2.32. The zero-order valence-corrected chi connectivity index (χ0v) is 9.59. The van der Waals surface area contributed by atoms with Gasteiger partial charge in [0.1, 0.15) is 5.82 Å². The van der Waals surface area contributed by atoms with E-state index in [1.165, 1.54) is 0 Å². The van der Waals surface area contributed by atoms with E-state index in [1.54, 1.807) is 0 Å². The second kappa shape index (κ2) is 4.42. The van der Waals surface area contributed by atoms with Gasteiger partial charge in [0.05, 0.1) is 6.04 Å². The molecule has 1 aromatic rings. The van der Waals surface area contributed by atoms with Crippen molar-refractivity contribution in [3.05, 3.63) is 5.82 Å². The fraction of sp³-hybridized carbons (Fsp3) is 0.600. The molecule has 2 rings (SSSR count). The van der Waals surface area contributed by atoms with E-state index in [2.05, 4.69) is 27.0 Å². The van der Waals surface area contributed by atoms with Crippen LogP contribution in [-0.4, -0.2) is 27.2 Å². The van der Waals surface area contributed by atoms with Crippen LogP contribution in [0.3, 0.4) is 0 Å². The molecule has 0 spiro atoms. The van der Waals surface area contributed by atoms with Crippen LogP contribution < -0.4 is 10.7 Å². The fourth-order valence-corrected chi connectivity index (χ4v) is 1.69. The molecule has 2 heterocycles. The first-order chi connectivity index (χ1) is 7.74. The highest BCUT2D eigenvalue weighted by Gasteiger charge is 2.23. The normalized spacial score (nSPS) is 19.4.